The van der Waals surface area contributed by atoms with Gasteiger partial charge in [0.15, 0.2) is 0 Å². The van der Waals surface area contributed by atoms with Gasteiger partial charge in [0.25, 0.3) is 0 Å². The third kappa shape index (κ3) is 4.34. The van der Waals surface area contributed by atoms with Crippen molar-refractivity contribution in [2.24, 2.45) is 0 Å². The van der Waals surface area contributed by atoms with Crippen LogP contribution in [0.15, 0.2) is 6.07 Å². The summed E-state index contributed by atoms with van der Waals surface area (Å²) < 4.78 is 0. The molecule has 0 aliphatic carbocycles. The van der Waals surface area contributed by atoms with Crippen molar-refractivity contribution in [3.05, 3.63) is 17.0 Å². The molecular weight excluding hydrogens is 328 g/mol. The predicted molar refractivity (Wildman–Crippen MR) is 94.5 cm³/mol. The minimum absolute atomic E-state index is 0.233. The number of likely N-dealkylation sites (N-methyl/N-ethyl adjacent to an activating group) is 1. The van der Waals surface area contributed by atoms with Gasteiger partial charge < -0.3 is 14.7 Å². The Morgan fingerprint density at radius 1 is 1.08 bits per heavy atom. The molecule has 2 aliphatic heterocycles. The summed E-state index contributed by atoms with van der Waals surface area (Å²) in [5, 5.41) is 0.464. The summed E-state index contributed by atoms with van der Waals surface area (Å²) in [4.78, 5) is 29.7. The lowest BCUT2D eigenvalue weighted by atomic mass is 10.2. The molecule has 0 saturated carbocycles. The fraction of sp³-hybridized carbons (Fsp3) is 0.688. The van der Waals surface area contributed by atoms with Gasteiger partial charge in [-0.05, 0) is 14.0 Å². The number of nitrogens with zero attached hydrogens (tertiary/aromatic N) is 6. The van der Waals surface area contributed by atoms with Crippen LogP contribution in [-0.2, 0) is 4.79 Å². The van der Waals surface area contributed by atoms with Crippen LogP contribution in [0, 0.1) is 6.92 Å². The number of hydrogen-bond donors (Lipinski definition) is 0. The van der Waals surface area contributed by atoms with Crippen molar-refractivity contribution >= 4 is 23.3 Å². The Morgan fingerprint density at radius 2 is 1.75 bits per heavy atom. The third-order valence-electron chi connectivity index (χ3n) is 4.70. The van der Waals surface area contributed by atoms with Crippen LogP contribution in [0.25, 0.3) is 0 Å². The quantitative estimate of drug-likeness (QED) is 0.731. The van der Waals surface area contributed by atoms with E-state index in [1.807, 2.05) is 11.8 Å². The number of carbonyl (C=O) groups excluding carboxylic acids is 1. The van der Waals surface area contributed by atoms with Gasteiger partial charge in [0.2, 0.25) is 5.91 Å². The van der Waals surface area contributed by atoms with Crippen LogP contribution >= 0.6 is 11.6 Å². The van der Waals surface area contributed by atoms with E-state index in [0.717, 1.165) is 58.2 Å². The second kappa shape index (κ2) is 7.63. The number of carbonyl (C=O) groups is 1. The second-order valence-corrected chi connectivity index (χ2v) is 6.93. The monoisotopic (exact) mass is 352 g/mol. The zero-order chi connectivity index (χ0) is 17.1. The topological polar surface area (TPSA) is 55.8 Å². The molecule has 1 aromatic heterocycles. The van der Waals surface area contributed by atoms with E-state index in [9.17, 15) is 4.79 Å². The first-order valence-corrected chi connectivity index (χ1v) is 8.84. The highest BCUT2D eigenvalue weighted by atomic mass is 35.5. The van der Waals surface area contributed by atoms with Gasteiger partial charge >= 0.3 is 0 Å². The predicted octanol–water partition coefficient (Wildman–Crippen LogP) is 0.334. The standard InChI is InChI=1S/C16H25ClN6O/c1-13-18-14(17)11-15(19-13)22-7-9-23(10-8-22)16(24)12-21-5-3-20(2)4-6-21/h11H,3-10,12H2,1-2H3. The number of hydrogen-bond acceptors (Lipinski definition) is 6. The van der Waals surface area contributed by atoms with E-state index in [0.29, 0.717) is 17.5 Å². The molecular formula is C16H25ClN6O. The zero-order valence-corrected chi connectivity index (χ0v) is 15.2. The van der Waals surface area contributed by atoms with Crippen molar-refractivity contribution in [2.75, 3.05) is 70.9 Å². The van der Waals surface area contributed by atoms with Crippen molar-refractivity contribution in [3.8, 4) is 0 Å². The SMILES string of the molecule is Cc1nc(Cl)cc(N2CCN(C(=O)CN3CCN(C)CC3)CC2)n1. The van der Waals surface area contributed by atoms with E-state index in [1.165, 1.54) is 0 Å². The fourth-order valence-electron chi connectivity index (χ4n) is 3.16. The first-order valence-electron chi connectivity index (χ1n) is 8.46. The minimum atomic E-state index is 0.233. The zero-order valence-electron chi connectivity index (χ0n) is 14.4. The largest absolute Gasteiger partial charge is 0.353 e. The Balaban J connectivity index is 1.50. The average Bonchev–Trinajstić information content (AvgIpc) is 2.56. The van der Waals surface area contributed by atoms with Gasteiger partial charge in [-0.15, -0.1) is 0 Å². The molecule has 0 radical (unpaired) electrons. The van der Waals surface area contributed by atoms with Crippen LogP contribution in [-0.4, -0.2) is 96.5 Å². The normalized spacial score (nSPS) is 20.5. The summed E-state index contributed by atoms with van der Waals surface area (Å²) in [6, 6.07) is 1.79. The lowest BCUT2D eigenvalue weighted by Gasteiger charge is -2.37. The van der Waals surface area contributed by atoms with Crippen molar-refractivity contribution in [3.63, 3.8) is 0 Å². The van der Waals surface area contributed by atoms with Gasteiger partial charge in [-0.25, -0.2) is 9.97 Å². The van der Waals surface area contributed by atoms with Gasteiger partial charge in [-0.3, -0.25) is 9.69 Å². The molecule has 0 atom stereocenters. The Labute approximate surface area is 148 Å². The lowest BCUT2D eigenvalue weighted by Crippen LogP contribution is -2.53. The van der Waals surface area contributed by atoms with E-state index in [-0.39, 0.29) is 5.91 Å². The molecule has 3 heterocycles. The Bertz CT molecular complexity index is 562. The smallest absolute Gasteiger partial charge is 0.236 e. The maximum Gasteiger partial charge on any atom is 0.236 e. The Kier molecular flexibility index (Phi) is 5.53. The number of aromatic nitrogens is 2. The van der Waals surface area contributed by atoms with Gasteiger partial charge in [0, 0.05) is 58.4 Å². The molecule has 7 nitrogen and oxygen atoms in total. The highest BCUT2D eigenvalue weighted by Crippen LogP contribution is 2.17. The molecule has 1 aromatic rings. The fourth-order valence-corrected chi connectivity index (χ4v) is 3.38. The minimum Gasteiger partial charge on any atom is -0.353 e. The second-order valence-electron chi connectivity index (χ2n) is 6.54. The van der Waals surface area contributed by atoms with Crippen LogP contribution in [0.4, 0.5) is 5.82 Å². The molecule has 8 heteroatoms. The molecule has 0 aromatic carbocycles. The van der Waals surface area contributed by atoms with Crippen molar-refractivity contribution in [2.45, 2.75) is 6.92 Å². The number of aryl methyl sites for hydroxylation is 1. The molecule has 1 amide bonds. The number of anilines is 1. The molecule has 3 rings (SSSR count). The van der Waals surface area contributed by atoms with E-state index >= 15 is 0 Å². The van der Waals surface area contributed by atoms with Crippen molar-refractivity contribution < 1.29 is 4.79 Å². The molecule has 0 spiro atoms. The van der Waals surface area contributed by atoms with Gasteiger partial charge in [0.1, 0.15) is 16.8 Å². The third-order valence-corrected chi connectivity index (χ3v) is 4.90. The average molecular weight is 353 g/mol. The highest BCUT2D eigenvalue weighted by molar-refractivity contribution is 6.29. The van der Waals surface area contributed by atoms with Crippen LogP contribution in [0.5, 0.6) is 0 Å². The Morgan fingerprint density at radius 3 is 2.38 bits per heavy atom. The van der Waals surface area contributed by atoms with E-state index in [1.54, 1.807) is 6.07 Å². The van der Waals surface area contributed by atoms with E-state index < -0.39 is 0 Å². The van der Waals surface area contributed by atoms with Crippen LogP contribution in [0.3, 0.4) is 0 Å². The maximum absolute atomic E-state index is 12.5. The number of rotatable bonds is 3. The Hall–Kier alpha value is -1.44. The molecule has 0 N–H and O–H groups in total. The number of amides is 1. The number of piperazine rings is 2. The van der Waals surface area contributed by atoms with Crippen LogP contribution < -0.4 is 4.90 Å². The summed E-state index contributed by atoms with van der Waals surface area (Å²) in [6.07, 6.45) is 0. The van der Waals surface area contributed by atoms with Crippen molar-refractivity contribution in [1.29, 1.82) is 0 Å². The summed E-state index contributed by atoms with van der Waals surface area (Å²) in [6.45, 7) is 9.41. The van der Waals surface area contributed by atoms with Crippen LogP contribution in [0.2, 0.25) is 5.15 Å². The molecule has 2 aliphatic rings. The van der Waals surface area contributed by atoms with Gasteiger partial charge in [0.05, 0.1) is 6.54 Å². The summed E-state index contributed by atoms with van der Waals surface area (Å²) >= 11 is 6.02. The maximum atomic E-state index is 12.5. The first-order chi connectivity index (χ1) is 11.5. The van der Waals surface area contributed by atoms with Gasteiger partial charge in [-0.2, -0.15) is 0 Å². The van der Waals surface area contributed by atoms with Crippen LogP contribution in [0.1, 0.15) is 5.82 Å². The van der Waals surface area contributed by atoms with E-state index in [2.05, 4.69) is 31.7 Å². The molecule has 2 fully saturated rings. The molecule has 0 bridgehead atoms. The molecule has 24 heavy (non-hydrogen) atoms. The number of halogens is 1. The summed E-state index contributed by atoms with van der Waals surface area (Å²) in [5.41, 5.74) is 0. The molecule has 0 unspecified atom stereocenters. The van der Waals surface area contributed by atoms with E-state index in [4.69, 9.17) is 11.6 Å². The van der Waals surface area contributed by atoms with Gasteiger partial charge in [-0.1, -0.05) is 11.6 Å². The molecule has 132 valence electrons. The lowest BCUT2D eigenvalue weighted by molar-refractivity contribution is -0.133. The summed E-state index contributed by atoms with van der Waals surface area (Å²) in [5.74, 6) is 1.75. The summed E-state index contributed by atoms with van der Waals surface area (Å²) in [7, 11) is 2.12. The highest BCUT2D eigenvalue weighted by Gasteiger charge is 2.24. The first kappa shape index (κ1) is 17.4. The van der Waals surface area contributed by atoms with Crippen molar-refractivity contribution in [1.82, 2.24) is 24.7 Å². The molecule has 2 saturated heterocycles.